The Balaban J connectivity index is 1.65. The van der Waals surface area contributed by atoms with E-state index in [1.165, 1.54) is 30.3 Å². The third-order valence-electron chi connectivity index (χ3n) is 4.16. The summed E-state index contributed by atoms with van der Waals surface area (Å²) in [4.78, 5) is 1.87. The molecule has 0 bridgehead atoms. The van der Waals surface area contributed by atoms with E-state index in [2.05, 4.69) is 0 Å². The lowest BCUT2D eigenvalue weighted by molar-refractivity contribution is 0.161. The van der Waals surface area contributed by atoms with Crippen molar-refractivity contribution in [2.75, 3.05) is 19.7 Å². The number of aliphatic hydroxyl groups is 1. The second-order valence-electron chi connectivity index (χ2n) is 5.87. The molecule has 1 saturated heterocycles. The van der Waals surface area contributed by atoms with Gasteiger partial charge in [0.2, 0.25) is 0 Å². The van der Waals surface area contributed by atoms with Crippen LogP contribution in [-0.4, -0.2) is 35.8 Å². The highest BCUT2D eigenvalue weighted by Crippen LogP contribution is 2.33. The summed E-state index contributed by atoms with van der Waals surface area (Å²) >= 11 is 0. The number of β-amino-alcohol motifs (C(OH)–C–C–N with tert-alkyl or cyclic N) is 1. The van der Waals surface area contributed by atoms with Gasteiger partial charge in [0, 0.05) is 24.7 Å². The summed E-state index contributed by atoms with van der Waals surface area (Å²) in [6.45, 7) is 1.11. The van der Waals surface area contributed by atoms with Crippen molar-refractivity contribution < 1.29 is 23.0 Å². The fraction of sp³-hybridized carbons (Fsp3) is 0.333. The Kier molecular flexibility index (Phi) is 5.06. The Hall–Kier alpha value is -2.05. The number of nitrogens with zero attached hydrogens (tertiary/aromatic N) is 1. The molecular formula is C18H18F3NO2. The van der Waals surface area contributed by atoms with Crippen molar-refractivity contribution in [2.24, 2.45) is 0 Å². The fourth-order valence-corrected chi connectivity index (χ4v) is 3.03. The SMILES string of the molecule is O[C@@H]1C[C@@H](c2cc(F)ccc2F)N(CCOc2ccc(F)cc2)C1. The Morgan fingerprint density at radius 3 is 2.50 bits per heavy atom. The van der Waals surface area contributed by atoms with Crippen LogP contribution in [0.3, 0.4) is 0 Å². The first-order chi connectivity index (χ1) is 11.5. The van der Waals surface area contributed by atoms with Crippen LogP contribution in [0.5, 0.6) is 5.75 Å². The number of benzene rings is 2. The quantitative estimate of drug-likeness (QED) is 0.909. The molecule has 0 unspecified atom stereocenters. The highest BCUT2D eigenvalue weighted by Gasteiger charge is 2.33. The van der Waals surface area contributed by atoms with E-state index in [-0.39, 0.29) is 11.4 Å². The van der Waals surface area contributed by atoms with Gasteiger partial charge in [0.1, 0.15) is 29.8 Å². The molecule has 0 radical (unpaired) electrons. The summed E-state index contributed by atoms with van der Waals surface area (Å²) in [6, 6.07) is 8.61. The highest BCUT2D eigenvalue weighted by atomic mass is 19.1. The molecule has 1 heterocycles. The van der Waals surface area contributed by atoms with Crippen LogP contribution in [-0.2, 0) is 0 Å². The second-order valence-corrected chi connectivity index (χ2v) is 5.87. The molecule has 1 N–H and O–H groups in total. The van der Waals surface area contributed by atoms with Gasteiger partial charge in [-0.2, -0.15) is 0 Å². The third-order valence-corrected chi connectivity index (χ3v) is 4.16. The lowest BCUT2D eigenvalue weighted by atomic mass is 10.0. The zero-order valence-electron chi connectivity index (χ0n) is 13.0. The van der Waals surface area contributed by atoms with Crippen LogP contribution in [0.4, 0.5) is 13.2 Å². The lowest BCUT2D eigenvalue weighted by Gasteiger charge is -2.24. The van der Waals surface area contributed by atoms with Crippen LogP contribution in [0.25, 0.3) is 0 Å². The number of hydrogen-bond donors (Lipinski definition) is 1. The second kappa shape index (κ2) is 7.23. The first-order valence-corrected chi connectivity index (χ1v) is 7.78. The Bertz CT molecular complexity index is 693. The van der Waals surface area contributed by atoms with Crippen LogP contribution in [0.2, 0.25) is 0 Å². The normalized spacial score (nSPS) is 21.2. The van der Waals surface area contributed by atoms with Gasteiger partial charge in [-0.1, -0.05) is 0 Å². The molecule has 0 amide bonds. The molecule has 24 heavy (non-hydrogen) atoms. The molecule has 0 saturated carbocycles. The Labute approximate surface area is 138 Å². The summed E-state index contributed by atoms with van der Waals surface area (Å²) in [6.07, 6.45) is -0.250. The van der Waals surface area contributed by atoms with Crippen LogP contribution < -0.4 is 4.74 Å². The van der Waals surface area contributed by atoms with Crippen LogP contribution >= 0.6 is 0 Å². The summed E-state index contributed by atoms with van der Waals surface area (Å²) in [5.74, 6) is -0.799. The first kappa shape index (κ1) is 16.8. The van der Waals surface area contributed by atoms with Crippen molar-refractivity contribution in [3.05, 3.63) is 65.5 Å². The van der Waals surface area contributed by atoms with E-state index in [0.29, 0.717) is 31.9 Å². The molecule has 128 valence electrons. The molecule has 3 nitrogen and oxygen atoms in total. The molecule has 1 aliphatic heterocycles. The van der Waals surface area contributed by atoms with Crippen molar-refractivity contribution in [3.8, 4) is 5.75 Å². The predicted molar refractivity (Wildman–Crippen MR) is 83.2 cm³/mol. The zero-order chi connectivity index (χ0) is 17.1. The average Bonchev–Trinajstić information content (AvgIpc) is 2.92. The maximum Gasteiger partial charge on any atom is 0.128 e. The van der Waals surface area contributed by atoms with Crippen molar-refractivity contribution in [1.29, 1.82) is 0 Å². The predicted octanol–water partition coefficient (Wildman–Crippen LogP) is 3.29. The minimum atomic E-state index is -0.594. The van der Waals surface area contributed by atoms with Crippen LogP contribution in [0.1, 0.15) is 18.0 Å². The van der Waals surface area contributed by atoms with E-state index in [4.69, 9.17) is 4.74 Å². The fourth-order valence-electron chi connectivity index (χ4n) is 3.03. The highest BCUT2D eigenvalue weighted by molar-refractivity contribution is 5.24. The lowest BCUT2D eigenvalue weighted by Crippen LogP contribution is -2.29. The van der Waals surface area contributed by atoms with Crippen LogP contribution in [0.15, 0.2) is 42.5 Å². The Morgan fingerprint density at radius 2 is 1.75 bits per heavy atom. The van der Waals surface area contributed by atoms with Gasteiger partial charge >= 0.3 is 0 Å². The molecule has 1 aliphatic rings. The van der Waals surface area contributed by atoms with Gasteiger partial charge in [-0.05, 0) is 48.9 Å². The summed E-state index contributed by atoms with van der Waals surface area (Å²) in [5.41, 5.74) is 0.244. The molecular weight excluding hydrogens is 319 g/mol. The van der Waals surface area contributed by atoms with Gasteiger partial charge < -0.3 is 9.84 Å². The van der Waals surface area contributed by atoms with E-state index in [1.54, 1.807) is 0 Å². The number of halogens is 3. The van der Waals surface area contributed by atoms with Gasteiger partial charge in [0.25, 0.3) is 0 Å². The molecule has 1 fully saturated rings. The number of hydrogen-bond acceptors (Lipinski definition) is 3. The monoisotopic (exact) mass is 337 g/mol. The summed E-state index contributed by atoms with van der Waals surface area (Å²) in [7, 11) is 0. The van der Waals surface area contributed by atoms with Gasteiger partial charge in [0.15, 0.2) is 0 Å². The molecule has 2 aromatic rings. The van der Waals surface area contributed by atoms with E-state index in [1.807, 2.05) is 4.90 Å². The molecule has 0 aromatic heterocycles. The van der Waals surface area contributed by atoms with Gasteiger partial charge in [-0.3, -0.25) is 4.90 Å². The van der Waals surface area contributed by atoms with Gasteiger partial charge in [-0.25, -0.2) is 13.2 Å². The number of likely N-dealkylation sites (tertiary alicyclic amines) is 1. The van der Waals surface area contributed by atoms with E-state index >= 15 is 0 Å². The van der Waals surface area contributed by atoms with Crippen LogP contribution in [0, 0.1) is 17.5 Å². The minimum Gasteiger partial charge on any atom is -0.492 e. The van der Waals surface area contributed by atoms with Gasteiger partial charge in [0.05, 0.1) is 6.10 Å². The van der Waals surface area contributed by atoms with E-state index in [9.17, 15) is 18.3 Å². The van der Waals surface area contributed by atoms with Crippen molar-refractivity contribution in [3.63, 3.8) is 0 Å². The van der Waals surface area contributed by atoms with E-state index in [0.717, 1.165) is 12.1 Å². The van der Waals surface area contributed by atoms with Crippen molar-refractivity contribution >= 4 is 0 Å². The van der Waals surface area contributed by atoms with Crippen molar-refractivity contribution in [1.82, 2.24) is 4.90 Å². The maximum absolute atomic E-state index is 14.0. The van der Waals surface area contributed by atoms with E-state index < -0.39 is 23.8 Å². The molecule has 6 heteroatoms. The minimum absolute atomic E-state index is 0.244. The molecule has 2 atom stereocenters. The standard InChI is InChI=1S/C18H18F3NO2/c19-12-1-4-15(5-2-12)24-8-7-22-11-14(23)10-18(22)16-9-13(20)3-6-17(16)21/h1-6,9,14,18,23H,7-8,10-11H2/t14-,18+/m1/s1. The molecule has 2 aromatic carbocycles. The summed E-state index contributed by atoms with van der Waals surface area (Å²) in [5, 5.41) is 9.90. The Morgan fingerprint density at radius 1 is 1.04 bits per heavy atom. The smallest absolute Gasteiger partial charge is 0.128 e. The number of rotatable bonds is 5. The molecule has 3 rings (SSSR count). The van der Waals surface area contributed by atoms with Crippen molar-refractivity contribution in [2.45, 2.75) is 18.6 Å². The van der Waals surface area contributed by atoms with Gasteiger partial charge in [-0.15, -0.1) is 0 Å². The first-order valence-electron chi connectivity index (χ1n) is 7.78. The summed E-state index contributed by atoms with van der Waals surface area (Å²) < 4.78 is 45.8. The average molecular weight is 337 g/mol. The number of ether oxygens (including phenoxy) is 1. The number of aliphatic hydroxyl groups excluding tert-OH is 1. The molecule has 0 aliphatic carbocycles. The largest absolute Gasteiger partial charge is 0.492 e. The zero-order valence-corrected chi connectivity index (χ0v) is 13.0. The molecule has 0 spiro atoms. The maximum atomic E-state index is 14.0. The topological polar surface area (TPSA) is 32.7 Å². The third kappa shape index (κ3) is 3.88.